The number of carbonyl (C=O) groups excluding carboxylic acids is 1. The number of rotatable bonds is 2. The molecular weight excluding hydrogens is 276 g/mol. The van der Waals surface area contributed by atoms with Gasteiger partial charge < -0.3 is 24.4 Å². The molecule has 1 aromatic carbocycles. The molecule has 0 bridgehead atoms. The fourth-order valence-electron chi connectivity index (χ4n) is 3.29. The molecule has 1 aliphatic heterocycles. The molecule has 2 aliphatic rings. The smallest absolute Gasteiger partial charge is 0.169 e. The number of phenols is 1. The minimum atomic E-state index is -1.34. The first-order valence-electron chi connectivity index (χ1n) is 6.71. The summed E-state index contributed by atoms with van der Waals surface area (Å²) in [4.78, 5) is 12.3. The highest BCUT2D eigenvalue weighted by atomic mass is 16.7. The summed E-state index contributed by atoms with van der Waals surface area (Å²) in [5.41, 5.74) is -0.717. The second kappa shape index (κ2) is 4.43. The maximum absolute atomic E-state index is 12.3. The van der Waals surface area contributed by atoms with Crippen LogP contribution in [0.4, 0.5) is 0 Å². The van der Waals surface area contributed by atoms with Gasteiger partial charge in [0.05, 0.1) is 12.7 Å². The van der Waals surface area contributed by atoms with E-state index in [1.165, 1.54) is 20.3 Å². The number of fused-ring (bicyclic) bond motifs is 3. The van der Waals surface area contributed by atoms with Crippen LogP contribution in [0.25, 0.3) is 0 Å². The molecule has 0 spiro atoms. The molecule has 3 atom stereocenters. The Morgan fingerprint density at radius 3 is 2.71 bits per heavy atom. The first kappa shape index (κ1) is 14.3. The zero-order valence-corrected chi connectivity index (χ0v) is 12.2. The van der Waals surface area contributed by atoms with Crippen LogP contribution >= 0.6 is 0 Å². The van der Waals surface area contributed by atoms with Crippen LogP contribution in [0.5, 0.6) is 11.5 Å². The Morgan fingerprint density at radius 1 is 1.38 bits per heavy atom. The van der Waals surface area contributed by atoms with E-state index in [0.717, 1.165) is 0 Å². The third-order valence-electron chi connectivity index (χ3n) is 4.30. The quantitative estimate of drug-likeness (QED) is 0.860. The van der Waals surface area contributed by atoms with E-state index in [-0.39, 0.29) is 29.9 Å². The van der Waals surface area contributed by atoms with Crippen LogP contribution in [0.1, 0.15) is 41.8 Å². The van der Waals surface area contributed by atoms with Crippen molar-refractivity contribution in [2.45, 2.75) is 37.3 Å². The normalized spacial score (nSPS) is 34.5. The van der Waals surface area contributed by atoms with Crippen molar-refractivity contribution in [3.05, 3.63) is 23.3 Å². The van der Waals surface area contributed by atoms with Crippen molar-refractivity contribution in [2.75, 3.05) is 14.2 Å². The summed E-state index contributed by atoms with van der Waals surface area (Å²) in [6.07, 6.45) is -0.662. The van der Waals surface area contributed by atoms with Crippen LogP contribution in [0.2, 0.25) is 0 Å². The van der Waals surface area contributed by atoms with Crippen LogP contribution in [0.15, 0.2) is 12.1 Å². The number of phenolic OH excluding ortho intramolecular Hbond substituents is 1. The molecule has 0 unspecified atom stereocenters. The first-order chi connectivity index (χ1) is 9.82. The van der Waals surface area contributed by atoms with Gasteiger partial charge in [0.2, 0.25) is 0 Å². The molecule has 21 heavy (non-hydrogen) atoms. The number of aromatic hydroxyl groups is 1. The summed E-state index contributed by atoms with van der Waals surface area (Å²) in [5, 5.41) is 20.9. The maximum atomic E-state index is 12.3. The molecule has 0 aromatic heterocycles. The number of benzene rings is 1. The van der Waals surface area contributed by atoms with E-state index in [2.05, 4.69) is 0 Å². The second-order valence-corrected chi connectivity index (χ2v) is 5.83. The standard InChI is InChI=1S/C15H18O6/c1-14(20-3)7-15(18)6-11(17)12-9(13(15)21-14)4-8(19-2)5-10(12)16/h4-5,13,16,18H,6-7H2,1-3H3/t13-,14+,15+/m0/s1. The number of Topliss-reactive ketones (excluding diaryl/α,β-unsaturated/α-hetero) is 1. The molecule has 0 saturated carbocycles. The highest BCUT2D eigenvalue weighted by Crippen LogP contribution is 2.54. The molecule has 3 rings (SSSR count). The van der Waals surface area contributed by atoms with Gasteiger partial charge in [-0.1, -0.05) is 0 Å². The van der Waals surface area contributed by atoms with Gasteiger partial charge in [-0.3, -0.25) is 4.79 Å². The molecule has 1 aliphatic carbocycles. The highest BCUT2D eigenvalue weighted by Gasteiger charge is 2.58. The molecular formula is C15H18O6. The van der Waals surface area contributed by atoms with E-state index < -0.39 is 17.5 Å². The predicted octanol–water partition coefficient (Wildman–Crippen LogP) is 1.54. The van der Waals surface area contributed by atoms with Crippen molar-refractivity contribution in [3.8, 4) is 11.5 Å². The zero-order valence-electron chi connectivity index (χ0n) is 12.2. The lowest BCUT2D eigenvalue weighted by atomic mass is 9.76. The van der Waals surface area contributed by atoms with Crippen molar-refractivity contribution in [1.29, 1.82) is 0 Å². The van der Waals surface area contributed by atoms with E-state index >= 15 is 0 Å². The molecule has 1 aromatic rings. The number of methoxy groups -OCH3 is 2. The Balaban J connectivity index is 2.17. The summed E-state index contributed by atoms with van der Waals surface area (Å²) in [6.45, 7) is 1.72. The number of aliphatic hydroxyl groups is 1. The fourth-order valence-corrected chi connectivity index (χ4v) is 3.29. The molecule has 1 heterocycles. The van der Waals surface area contributed by atoms with Crippen molar-refractivity contribution in [1.82, 2.24) is 0 Å². The van der Waals surface area contributed by atoms with Crippen LogP contribution in [0.3, 0.4) is 0 Å². The molecule has 1 fully saturated rings. The fraction of sp³-hybridized carbons (Fsp3) is 0.533. The Labute approximate surface area is 122 Å². The van der Waals surface area contributed by atoms with E-state index in [1.807, 2.05) is 0 Å². The van der Waals surface area contributed by atoms with Crippen LogP contribution in [0, 0.1) is 0 Å². The van der Waals surface area contributed by atoms with E-state index in [9.17, 15) is 15.0 Å². The largest absolute Gasteiger partial charge is 0.507 e. The van der Waals surface area contributed by atoms with Crippen molar-refractivity contribution >= 4 is 5.78 Å². The molecule has 1 saturated heterocycles. The summed E-state index contributed by atoms with van der Waals surface area (Å²) in [7, 11) is 2.96. The Morgan fingerprint density at radius 2 is 2.10 bits per heavy atom. The van der Waals surface area contributed by atoms with Crippen molar-refractivity contribution < 1.29 is 29.2 Å². The zero-order chi connectivity index (χ0) is 15.4. The Bertz CT molecular complexity index is 612. The third-order valence-corrected chi connectivity index (χ3v) is 4.30. The minimum absolute atomic E-state index is 0.108. The highest BCUT2D eigenvalue weighted by molar-refractivity contribution is 6.02. The number of carbonyl (C=O) groups is 1. The van der Waals surface area contributed by atoms with Crippen LogP contribution in [-0.4, -0.2) is 41.6 Å². The number of ketones is 1. The Hall–Kier alpha value is -1.63. The number of hydrogen-bond donors (Lipinski definition) is 2. The van der Waals surface area contributed by atoms with E-state index in [0.29, 0.717) is 11.3 Å². The van der Waals surface area contributed by atoms with Crippen LogP contribution in [-0.2, 0) is 9.47 Å². The van der Waals surface area contributed by atoms with Gasteiger partial charge in [-0.2, -0.15) is 0 Å². The third kappa shape index (κ3) is 2.02. The summed E-state index contributed by atoms with van der Waals surface area (Å²) in [5.74, 6) is -1.04. The average Bonchev–Trinajstić information content (AvgIpc) is 2.69. The van der Waals surface area contributed by atoms with Gasteiger partial charge >= 0.3 is 0 Å². The average molecular weight is 294 g/mol. The predicted molar refractivity (Wildman–Crippen MR) is 72.4 cm³/mol. The van der Waals surface area contributed by atoms with E-state index in [1.54, 1.807) is 13.0 Å². The van der Waals surface area contributed by atoms with Gasteiger partial charge in [-0.15, -0.1) is 0 Å². The van der Waals surface area contributed by atoms with E-state index in [4.69, 9.17) is 14.2 Å². The van der Waals surface area contributed by atoms with Gasteiger partial charge in [0.15, 0.2) is 11.6 Å². The monoisotopic (exact) mass is 294 g/mol. The maximum Gasteiger partial charge on any atom is 0.169 e. The second-order valence-electron chi connectivity index (χ2n) is 5.83. The van der Waals surface area contributed by atoms with Crippen LogP contribution < -0.4 is 4.74 Å². The number of hydrogen-bond acceptors (Lipinski definition) is 6. The topological polar surface area (TPSA) is 85.2 Å². The van der Waals surface area contributed by atoms with Gasteiger partial charge in [0.1, 0.15) is 23.2 Å². The molecule has 2 N–H and O–H groups in total. The SMILES string of the molecule is COc1cc(O)c2c(c1)[C@@H]1O[C@@](C)(OC)C[C@]1(O)CC2=O. The van der Waals surface area contributed by atoms with Crippen molar-refractivity contribution in [2.24, 2.45) is 0 Å². The van der Waals surface area contributed by atoms with Gasteiger partial charge in [-0.05, 0) is 13.0 Å². The summed E-state index contributed by atoms with van der Waals surface area (Å²) >= 11 is 0. The van der Waals surface area contributed by atoms with Crippen molar-refractivity contribution in [3.63, 3.8) is 0 Å². The van der Waals surface area contributed by atoms with Gasteiger partial charge in [0.25, 0.3) is 0 Å². The molecule has 6 heteroatoms. The number of ether oxygens (including phenoxy) is 3. The molecule has 0 radical (unpaired) electrons. The molecule has 0 amide bonds. The lowest BCUT2D eigenvalue weighted by Gasteiger charge is -2.33. The molecule has 114 valence electrons. The van der Waals surface area contributed by atoms with Gasteiger partial charge in [-0.25, -0.2) is 0 Å². The minimum Gasteiger partial charge on any atom is -0.507 e. The molecule has 6 nitrogen and oxygen atoms in total. The summed E-state index contributed by atoms with van der Waals surface area (Å²) in [6, 6.07) is 2.99. The lowest BCUT2D eigenvalue weighted by molar-refractivity contribution is -0.202. The lowest BCUT2D eigenvalue weighted by Crippen LogP contribution is -2.40. The summed E-state index contributed by atoms with van der Waals surface area (Å²) < 4.78 is 16.3. The first-order valence-corrected chi connectivity index (χ1v) is 6.71. The van der Waals surface area contributed by atoms with Gasteiger partial charge in [0, 0.05) is 31.6 Å². The Kier molecular flexibility index (Phi) is 3.02.